The molecule has 3 unspecified atom stereocenters. The normalized spacial score (nSPS) is 22.2. The third kappa shape index (κ3) is 5.60. The molecule has 214 valence electrons. The molecule has 8 nitrogen and oxygen atoms in total. The first-order valence-electron chi connectivity index (χ1n) is 14.8. The van der Waals surface area contributed by atoms with Crippen molar-refractivity contribution < 1.29 is 14.3 Å². The van der Waals surface area contributed by atoms with Crippen LogP contribution in [-0.4, -0.2) is 42.0 Å². The van der Waals surface area contributed by atoms with Crippen molar-refractivity contribution in [1.82, 2.24) is 15.6 Å². The molecule has 1 aliphatic carbocycles. The maximum Gasteiger partial charge on any atom is 0.253 e. The van der Waals surface area contributed by atoms with Crippen LogP contribution in [0.5, 0.6) is 5.75 Å². The van der Waals surface area contributed by atoms with E-state index >= 15 is 0 Å². The number of carbonyl (C=O) groups is 2. The van der Waals surface area contributed by atoms with Gasteiger partial charge < -0.3 is 26.0 Å². The van der Waals surface area contributed by atoms with Crippen molar-refractivity contribution in [2.24, 2.45) is 5.92 Å². The highest BCUT2D eigenvalue weighted by molar-refractivity contribution is 5.96. The van der Waals surface area contributed by atoms with Crippen LogP contribution in [0, 0.1) is 12.8 Å². The molecular formula is C33H39N5O3. The number of hydrogen-bond donors (Lipinski definition) is 3. The molecule has 4 atom stereocenters. The lowest BCUT2D eigenvalue weighted by atomic mass is 9.92. The minimum atomic E-state index is -0.156. The number of rotatable bonds is 6. The van der Waals surface area contributed by atoms with Gasteiger partial charge in [0.1, 0.15) is 11.6 Å². The smallest absolute Gasteiger partial charge is 0.253 e. The van der Waals surface area contributed by atoms with E-state index in [4.69, 9.17) is 15.5 Å². The quantitative estimate of drug-likeness (QED) is 0.372. The Morgan fingerprint density at radius 3 is 2.66 bits per heavy atom. The number of benzene rings is 2. The molecule has 41 heavy (non-hydrogen) atoms. The molecule has 2 amide bonds. The van der Waals surface area contributed by atoms with Crippen molar-refractivity contribution in [1.29, 1.82) is 0 Å². The topological polar surface area (TPSA) is 110 Å². The van der Waals surface area contributed by atoms with Crippen LogP contribution in [0.4, 0.5) is 11.5 Å². The lowest BCUT2D eigenvalue weighted by Gasteiger charge is -2.38. The molecular weight excluding hydrogens is 514 g/mol. The number of nitrogen functional groups attached to an aromatic ring is 1. The molecule has 3 aromatic rings. The molecule has 0 radical (unpaired) electrons. The predicted molar refractivity (Wildman–Crippen MR) is 160 cm³/mol. The summed E-state index contributed by atoms with van der Waals surface area (Å²) < 4.78 is 5.90. The number of pyridine rings is 1. The number of fused-ring (bicyclic) bond motifs is 2. The Labute approximate surface area is 241 Å². The van der Waals surface area contributed by atoms with Crippen molar-refractivity contribution in [3.63, 3.8) is 0 Å². The van der Waals surface area contributed by atoms with Gasteiger partial charge in [0.05, 0.1) is 18.2 Å². The average Bonchev–Trinajstić information content (AvgIpc) is 3.40. The lowest BCUT2D eigenvalue weighted by molar-refractivity contribution is 0.0929. The summed E-state index contributed by atoms with van der Waals surface area (Å²) in [7, 11) is 0. The summed E-state index contributed by atoms with van der Waals surface area (Å²) in [6, 6.07) is 15.6. The first-order valence-corrected chi connectivity index (χ1v) is 14.8. The van der Waals surface area contributed by atoms with Gasteiger partial charge in [-0.15, -0.1) is 0 Å². The molecule has 0 spiro atoms. The van der Waals surface area contributed by atoms with Gasteiger partial charge in [0.25, 0.3) is 11.8 Å². The van der Waals surface area contributed by atoms with E-state index in [0.717, 1.165) is 67.8 Å². The summed E-state index contributed by atoms with van der Waals surface area (Å²) in [4.78, 5) is 33.3. The highest BCUT2D eigenvalue weighted by atomic mass is 16.5. The van der Waals surface area contributed by atoms with E-state index in [-0.39, 0.29) is 23.9 Å². The number of piperidine rings is 1. The van der Waals surface area contributed by atoms with Crippen molar-refractivity contribution >= 4 is 23.3 Å². The lowest BCUT2D eigenvalue weighted by Crippen LogP contribution is -2.43. The summed E-state index contributed by atoms with van der Waals surface area (Å²) in [6.07, 6.45) is 7.79. The third-order valence-electron chi connectivity index (χ3n) is 9.02. The number of ether oxygens (including phenoxy) is 1. The second-order valence-corrected chi connectivity index (χ2v) is 11.8. The van der Waals surface area contributed by atoms with E-state index in [9.17, 15) is 9.59 Å². The molecule has 2 aromatic carbocycles. The Morgan fingerprint density at radius 2 is 1.88 bits per heavy atom. The number of amides is 2. The molecule has 4 N–H and O–H groups in total. The van der Waals surface area contributed by atoms with Crippen LogP contribution >= 0.6 is 0 Å². The second kappa shape index (κ2) is 11.4. The highest BCUT2D eigenvalue weighted by Crippen LogP contribution is 2.39. The Morgan fingerprint density at radius 1 is 1.05 bits per heavy atom. The van der Waals surface area contributed by atoms with E-state index in [1.165, 1.54) is 5.56 Å². The van der Waals surface area contributed by atoms with E-state index in [1.807, 2.05) is 62.4 Å². The van der Waals surface area contributed by atoms with Crippen molar-refractivity contribution in [3.8, 4) is 5.75 Å². The zero-order valence-electron chi connectivity index (χ0n) is 23.9. The number of anilines is 2. The number of aromatic nitrogens is 1. The average molecular weight is 554 g/mol. The zero-order chi connectivity index (χ0) is 28.5. The molecule has 8 heteroatoms. The molecule has 3 aliphatic rings. The standard InChI is InChI=1S/C33H39N5O3/c1-20-28(13-9-23-6-4-16-41-31(20)23)33(40)37-27-17-24-5-3-15-38(29(24)18-27)30-14-10-25(19-35-30)32(39)36-21(2)22-7-11-26(34)12-8-22/h7-14,19,21,24,27,29H,3-6,15-18,34H2,1-2H3,(H,36,39)(H,37,40)/t21-,24?,27?,29?/m0/s1. The minimum Gasteiger partial charge on any atom is -0.493 e. The minimum absolute atomic E-state index is 0.0173. The largest absolute Gasteiger partial charge is 0.493 e. The van der Waals surface area contributed by atoms with E-state index in [1.54, 1.807) is 6.20 Å². The number of nitrogens with zero attached hydrogens (tertiary/aromatic N) is 2. The third-order valence-corrected chi connectivity index (χ3v) is 9.02. The van der Waals surface area contributed by atoms with Crippen molar-refractivity contribution in [2.75, 3.05) is 23.8 Å². The monoisotopic (exact) mass is 553 g/mol. The molecule has 6 rings (SSSR count). The summed E-state index contributed by atoms with van der Waals surface area (Å²) in [6.45, 7) is 5.58. The van der Waals surface area contributed by atoms with Crippen LogP contribution in [-0.2, 0) is 6.42 Å². The van der Waals surface area contributed by atoms with Crippen LogP contribution < -0.4 is 26.0 Å². The summed E-state index contributed by atoms with van der Waals surface area (Å²) in [5, 5.41) is 6.37. The number of nitrogens with two attached hydrogens (primary N) is 1. The van der Waals surface area contributed by atoms with Crippen LogP contribution in [0.1, 0.15) is 82.5 Å². The summed E-state index contributed by atoms with van der Waals surface area (Å²) in [5.74, 6) is 2.11. The van der Waals surface area contributed by atoms with Crippen molar-refractivity contribution in [3.05, 3.63) is 82.5 Å². The van der Waals surface area contributed by atoms with Gasteiger partial charge in [-0.3, -0.25) is 9.59 Å². The second-order valence-electron chi connectivity index (χ2n) is 11.8. The van der Waals surface area contributed by atoms with E-state index in [0.29, 0.717) is 35.4 Å². The van der Waals surface area contributed by atoms with Gasteiger partial charge >= 0.3 is 0 Å². The van der Waals surface area contributed by atoms with Crippen LogP contribution in [0.25, 0.3) is 0 Å². The fourth-order valence-corrected chi connectivity index (χ4v) is 6.82. The molecule has 2 fully saturated rings. The van der Waals surface area contributed by atoms with Gasteiger partial charge in [-0.25, -0.2) is 4.98 Å². The zero-order valence-corrected chi connectivity index (χ0v) is 23.9. The molecule has 1 saturated heterocycles. The number of carbonyl (C=O) groups excluding carboxylic acids is 2. The first-order chi connectivity index (χ1) is 19.9. The van der Waals surface area contributed by atoms with Gasteiger partial charge in [-0.1, -0.05) is 18.2 Å². The van der Waals surface area contributed by atoms with Gasteiger partial charge in [0.15, 0.2) is 0 Å². The maximum absolute atomic E-state index is 13.3. The Balaban J connectivity index is 1.09. The number of nitrogens with one attached hydrogen (secondary N) is 2. The number of aryl methyl sites for hydroxylation is 1. The molecule has 0 bridgehead atoms. The Hall–Kier alpha value is -4.07. The van der Waals surface area contributed by atoms with Crippen LogP contribution in [0.2, 0.25) is 0 Å². The fraction of sp³-hybridized carbons (Fsp3) is 0.424. The Kier molecular flexibility index (Phi) is 7.56. The molecule has 1 aromatic heterocycles. The van der Waals surface area contributed by atoms with Crippen LogP contribution in [0.15, 0.2) is 54.7 Å². The van der Waals surface area contributed by atoms with Gasteiger partial charge in [0.2, 0.25) is 0 Å². The SMILES string of the molecule is Cc1c(C(=O)NC2CC3CCCN(c4ccc(C(=O)N[C@@H](C)c5ccc(N)cc5)cn4)C3C2)ccc2c1OCCC2. The summed E-state index contributed by atoms with van der Waals surface area (Å²) in [5.41, 5.74) is 10.8. The maximum atomic E-state index is 13.3. The number of hydrogen-bond acceptors (Lipinski definition) is 6. The fourth-order valence-electron chi connectivity index (χ4n) is 6.82. The van der Waals surface area contributed by atoms with Gasteiger partial charge in [-0.05, 0) is 99.7 Å². The van der Waals surface area contributed by atoms with Crippen molar-refractivity contribution in [2.45, 2.75) is 70.5 Å². The van der Waals surface area contributed by atoms with Crippen LogP contribution in [0.3, 0.4) is 0 Å². The van der Waals surface area contributed by atoms with Gasteiger partial charge in [0, 0.05) is 41.6 Å². The highest BCUT2D eigenvalue weighted by Gasteiger charge is 2.41. The Bertz CT molecular complexity index is 1420. The molecule has 3 heterocycles. The van der Waals surface area contributed by atoms with E-state index in [2.05, 4.69) is 15.5 Å². The predicted octanol–water partition coefficient (Wildman–Crippen LogP) is 4.97. The molecule has 1 saturated carbocycles. The first kappa shape index (κ1) is 27.1. The molecule has 2 aliphatic heterocycles. The van der Waals surface area contributed by atoms with E-state index < -0.39 is 0 Å². The summed E-state index contributed by atoms with van der Waals surface area (Å²) >= 11 is 0. The van der Waals surface area contributed by atoms with Gasteiger partial charge in [-0.2, -0.15) is 0 Å².